The van der Waals surface area contributed by atoms with Crippen LogP contribution in [0, 0.1) is 5.82 Å². The summed E-state index contributed by atoms with van der Waals surface area (Å²) in [5, 5.41) is 10.8. The number of aromatic nitrogens is 2. The Morgan fingerprint density at radius 1 is 1.00 bits per heavy atom. The summed E-state index contributed by atoms with van der Waals surface area (Å²) in [6.07, 6.45) is 0.840. The molecular formula is C22H22FN3O3. The maximum atomic E-state index is 13.0. The highest BCUT2D eigenvalue weighted by molar-refractivity contribution is 5.77. The van der Waals surface area contributed by atoms with Gasteiger partial charge in [-0.15, -0.1) is 10.2 Å². The van der Waals surface area contributed by atoms with Gasteiger partial charge in [-0.25, -0.2) is 4.39 Å². The number of nitrogens with one attached hydrogen (secondary N) is 1. The molecule has 6 nitrogen and oxygen atoms in total. The lowest BCUT2D eigenvalue weighted by atomic mass is 10.1. The summed E-state index contributed by atoms with van der Waals surface area (Å²) in [5.74, 6) is 0.539. The van der Waals surface area contributed by atoms with E-state index < -0.39 is 0 Å². The van der Waals surface area contributed by atoms with Gasteiger partial charge < -0.3 is 14.8 Å². The Morgan fingerprint density at radius 3 is 2.52 bits per heavy atom. The zero-order valence-corrected chi connectivity index (χ0v) is 16.1. The zero-order valence-electron chi connectivity index (χ0n) is 16.1. The number of benzene rings is 2. The molecule has 0 radical (unpaired) electrons. The van der Waals surface area contributed by atoms with E-state index in [9.17, 15) is 9.18 Å². The van der Waals surface area contributed by atoms with Gasteiger partial charge in [-0.2, -0.15) is 0 Å². The lowest BCUT2D eigenvalue weighted by molar-refractivity contribution is -0.123. The molecule has 3 rings (SSSR count). The first-order valence-electron chi connectivity index (χ1n) is 9.35. The summed E-state index contributed by atoms with van der Waals surface area (Å²) in [7, 11) is 0. The van der Waals surface area contributed by atoms with Crippen LogP contribution in [-0.4, -0.2) is 35.9 Å². The molecule has 1 heterocycles. The molecule has 3 aromatic rings. The molecule has 0 spiro atoms. The average Bonchev–Trinajstić information content (AvgIpc) is 2.76. The van der Waals surface area contributed by atoms with Gasteiger partial charge in [0.2, 0.25) is 5.88 Å². The van der Waals surface area contributed by atoms with E-state index in [-0.39, 0.29) is 24.9 Å². The van der Waals surface area contributed by atoms with E-state index in [1.54, 1.807) is 24.3 Å². The Hall–Kier alpha value is -3.48. The number of aryl methyl sites for hydroxylation is 1. The average molecular weight is 395 g/mol. The van der Waals surface area contributed by atoms with Gasteiger partial charge >= 0.3 is 0 Å². The number of halogens is 1. The largest absolute Gasteiger partial charge is 0.483 e. The van der Waals surface area contributed by atoms with Gasteiger partial charge in [0.25, 0.3) is 5.91 Å². The van der Waals surface area contributed by atoms with E-state index in [4.69, 9.17) is 9.47 Å². The third-order valence-electron chi connectivity index (χ3n) is 4.17. The first-order valence-corrected chi connectivity index (χ1v) is 9.35. The van der Waals surface area contributed by atoms with E-state index >= 15 is 0 Å². The van der Waals surface area contributed by atoms with Crippen molar-refractivity contribution in [2.24, 2.45) is 0 Å². The molecule has 0 aliphatic rings. The molecule has 1 amide bonds. The Balaban J connectivity index is 1.38. The minimum atomic E-state index is -0.302. The number of rotatable bonds is 9. The van der Waals surface area contributed by atoms with Gasteiger partial charge in [0.05, 0.1) is 12.2 Å². The Bertz CT molecular complexity index is 931. The fraction of sp³-hybridized carbons (Fsp3) is 0.227. The van der Waals surface area contributed by atoms with Crippen LogP contribution in [0.4, 0.5) is 4.39 Å². The van der Waals surface area contributed by atoms with Gasteiger partial charge in [-0.1, -0.05) is 25.1 Å². The second-order valence-electron chi connectivity index (χ2n) is 6.21. The molecular weight excluding hydrogens is 373 g/mol. The van der Waals surface area contributed by atoms with Crippen molar-refractivity contribution in [1.29, 1.82) is 0 Å². The topological polar surface area (TPSA) is 73.3 Å². The maximum absolute atomic E-state index is 13.0. The highest BCUT2D eigenvalue weighted by Gasteiger charge is 2.06. The summed E-state index contributed by atoms with van der Waals surface area (Å²) in [5.41, 5.74) is 2.45. The normalized spacial score (nSPS) is 10.4. The van der Waals surface area contributed by atoms with Crippen molar-refractivity contribution in [3.63, 3.8) is 0 Å². The van der Waals surface area contributed by atoms with Gasteiger partial charge in [0, 0.05) is 11.6 Å². The summed E-state index contributed by atoms with van der Waals surface area (Å²) in [4.78, 5) is 11.9. The number of ether oxygens (including phenoxy) is 2. The van der Waals surface area contributed by atoms with E-state index in [1.807, 2.05) is 31.2 Å². The molecule has 1 aromatic heterocycles. The number of hydrogen-bond acceptors (Lipinski definition) is 5. The van der Waals surface area contributed by atoms with Gasteiger partial charge in [0.15, 0.2) is 6.61 Å². The lowest BCUT2D eigenvalue weighted by Crippen LogP contribution is -2.32. The molecule has 2 aromatic carbocycles. The molecule has 0 saturated carbocycles. The van der Waals surface area contributed by atoms with Crippen molar-refractivity contribution in [2.75, 3.05) is 19.8 Å². The quantitative estimate of drug-likeness (QED) is 0.562. The molecule has 0 saturated heterocycles. The van der Waals surface area contributed by atoms with Gasteiger partial charge in [-0.05, 0) is 48.4 Å². The number of hydrogen-bond donors (Lipinski definition) is 1. The van der Waals surface area contributed by atoms with E-state index in [0.717, 1.165) is 23.3 Å². The van der Waals surface area contributed by atoms with Crippen molar-refractivity contribution < 1.29 is 18.7 Å². The maximum Gasteiger partial charge on any atom is 0.258 e. The van der Waals surface area contributed by atoms with Crippen LogP contribution in [0.5, 0.6) is 11.6 Å². The summed E-state index contributed by atoms with van der Waals surface area (Å²) < 4.78 is 24.0. The lowest BCUT2D eigenvalue weighted by Gasteiger charge is -2.10. The van der Waals surface area contributed by atoms with Crippen molar-refractivity contribution >= 4 is 5.91 Å². The Labute approximate surface area is 168 Å². The van der Waals surface area contributed by atoms with Crippen LogP contribution in [0.2, 0.25) is 0 Å². The predicted molar refractivity (Wildman–Crippen MR) is 107 cm³/mol. The minimum Gasteiger partial charge on any atom is -0.483 e. The minimum absolute atomic E-state index is 0.0524. The Morgan fingerprint density at radius 2 is 1.79 bits per heavy atom. The molecule has 1 N–H and O–H groups in total. The summed E-state index contributed by atoms with van der Waals surface area (Å²) in [6.45, 7) is 2.55. The van der Waals surface area contributed by atoms with Crippen molar-refractivity contribution in [3.8, 4) is 22.9 Å². The first kappa shape index (κ1) is 20.3. The van der Waals surface area contributed by atoms with Crippen molar-refractivity contribution in [1.82, 2.24) is 15.5 Å². The summed E-state index contributed by atoms with van der Waals surface area (Å²) >= 11 is 0. The van der Waals surface area contributed by atoms with Crippen LogP contribution in [0.25, 0.3) is 11.3 Å². The monoisotopic (exact) mass is 395 g/mol. The van der Waals surface area contributed by atoms with Gasteiger partial charge in [-0.3, -0.25) is 4.79 Å². The van der Waals surface area contributed by atoms with Crippen LogP contribution in [-0.2, 0) is 11.2 Å². The van der Waals surface area contributed by atoms with Crippen molar-refractivity contribution in [3.05, 3.63) is 72.0 Å². The summed E-state index contributed by atoms with van der Waals surface area (Å²) in [6, 6.07) is 17.1. The first-order chi connectivity index (χ1) is 14.2. The van der Waals surface area contributed by atoms with E-state index in [1.165, 1.54) is 12.1 Å². The molecule has 0 fully saturated rings. The van der Waals surface area contributed by atoms with E-state index in [2.05, 4.69) is 15.5 Å². The molecule has 150 valence electrons. The zero-order chi connectivity index (χ0) is 20.5. The molecule has 0 unspecified atom stereocenters. The number of carbonyl (C=O) groups is 1. The number of amides is 1. The second-order valence-corrected chi connectivity index (χ2v) is 6.21. The van der Waals surface area contributed by atoms with Crippen LogP contribution >= 0.6 is 0 Å². The molecule has 7 heteroatoms. The molecule has 29 heavy (non-hydrogen) atoms. The van der Waals surface area contributed by atoms with Crippen LogP contribution in [0.15, 0.2) is 60.7 Å². The highest BCUT2D eigenvalue weighted by atomic mass is 19.1. The highest BCUT2D eigenvalue weighted by Crippen LogP contribution is 2.19. The fourth-order valence-electron chi connectivity index (χ4n) is 2.65. The van der Waals surface area contributed by atoms with Crippen molar-refractivity contribution in [2.45, 2.75) is 13.3 Å². The van der Waals surface area contributed by atoms with Crippen LogP contribution in [0.3, 0.4) is 0 Å². The number of para-hydroxylation sites is 1. The molecule has 0 atom stereocenters. The number of carbonyl (C=O) groups excluding carboxylic acids is 1. The van der Waals surface area contributed by atoms with Crippen LogP contribution < -0.4 is 14.8 Å². The predicted octanol–water partition coefficient (Wildman–Crippen LogP) is 3.42. The standard InChI is InChI=1S/C22H22FN3O3/c1-2-16-5-3-4-6-20(16)29-15-21(27)24-13-14-28-22-12-11-19(25-26-22)17-7-9-18(23)10-8-17/h3-12H,2,13-15H2,1H3,(H,24,27). The van der Waals surface area contributed by atoms with Crippen LogP contribution in [0.1, 0.15) is 12.5 Å². The molecule has 0 aliphatic carbocycles. The number of nitrogens with zero attached hydrogens (tertiary/aromatic N) is 2. The van der Waals surface area contributed by atoms with Gasteiger partial charge in [0.1, 0.15) is 18.2 Å². The molecule has 0 aliphatic heterocycles. The third kappa shape index (κ3) is 6.00. The Kier molecular flexibility index (Phi) is 7.10. The second kappa shape index (κ2) is 10.2. The smallest absolute Gasteiger partial charge is 0.258 e. The SMILES string of the molecule is CCc1ccccc1OCC(=O)NCCOc1ccc(-c2ccc(F)cc2)nn1. The fourth-order valence-corrected chi connectivity index (χ4v) is 2.65. The molecule has 0 bridgehead atoms. The van der Waals surface area contributed by atoms with E-state index in [0.29, 0.717) is 18.1 Å². The third-order valence-corrected chi connectivity index (χ3v) is 4.17.